The highest BCUT2D eigenvalue weighted by atomic mass is 16.6. The molecule has 118 valence electrons. The number of nitro groups is 1. The standard InChI is InChI=1S/C13H22N4O4/c18-6-4-11-3-1-2-5-15(11)9-13(19)10-16-8-12(7-14-16)17(20)21/h7-8,11,13,18-19H,1-6,9-10H2. The second-order valence-electron chi connectivity index (χ2n) is 5.49. The Hall–Kier alpha value is -1.51. The van der Waals surface area contributed by atoms with Gasteiger partial charge in [0.05, 0.1) is 17.6 Å². The van der Waals surface area contributed by atoms with Gasteiger partial charge in [0.1, 0.15) is 12.4 Å². The first-order chi connectivity index (χ1) is 10.1. The van der Waals surface area contributed by atoms with Crippen molar-refractivity contribution < 1.29 is 15.1 Å². The maximum absolute atomic E-state index is 10.6. The van der Waals surface area contributed by atoms with Gasteiger partial charge in [0.2, 0.25) is 0 Å². The smallest absolute Gasteiger partial charge is 0.306 e. The van der Waals surface area contributed by atoms with Crippen molar-refractivity contribution in [3.8, 4) is 0 Å². The summed E-state index contributed by atoms with van der Waals surface area (Å²) in [6, 6.07) is 0.311. The summed E-state index contributed by atoms with van der Waals surface area (Å²) in [6.07, 6.45) is 5.89. The van der Waals surface area contributed by atoms with E-state index in [9.17, 15) is 15.2 Å². The predicted molar refractivity (Wildman–Crippen MR) is 75.8 cm³/mol. The Morgan fingerprint density at radius 2 is 2.29 bits per heavy atom. The van der Waals surface area contributed by atoms with Gasteiger partial charge in [0.15, 0.2) is 0 Å². The average molecular weight is 298 g/mol. The summed E-state index contributed by atoms with van der Waals surface area (Å²) in [4.78, 5) is 12.3. The third-order valence-electron chi connectivity index (χ3n) is 3.88. The van der Waals surface area contributed by atoms with Gasteiger partial charge in [-0.15, -0.1) is 0 Å². The van der Waals surface area contributed by atoms with Gasteiger partial charge in [-0.3, -0.25) is 19.7 Å². The highest BCUT2D eigenvalue weighted by molar-refractivity contribution is 5.20. The number of β-amino-alcohol motifs (C(OH)–C–C–N with tert-alkyl or cyclic N) is 1. The number of aromatic nitrogens is 2. The molecule has 1 saturated heterocycles. The van der Waals surface area contributed by atoms with Gasteiger partial charge in [-0.05, 0) is 25.8 Å². The first-order valence-electron chi connectivity index (χ1n) is 7.30. The third-order valence-corrected chi connectivity index (χ3v) is 3.88. The second kappa shape index (κ2) is 7.48. The molecule has 0 bridgehead atoms. The SMILES string of the molecule is O=[N+]([O-])c1cnn(CC(O)CN2CCCCC2CCO)c1. The van der Waals surface area contributed by atoms with E-state index in [2.05, 4.69) is 10.00 Å². The fraction of sp³-hybridized carbons (Fsp3) is 0.769. The summed E-state index contributed by atoms with van der Waals surface area (Å²) in [5, 5.41) is 33.7. The lowest BCUT2D eigenvalue weighted by Gasteiger charge is -2.36. The van der Waals surface area contributed by atoms with Crippen LogP contribution in [0.5, 0.6) is 0 Å². The van der Waals surface area contributed by atoms with Crippen LogP contribution in [0.25, 0.3) is 0 Å². The lowest BCUT2D eigenvalue weighted by molar-refractivity contribution is -0.385. The van der Waals surface area contributed by atoms with Crippen LogP contribution in [0.3, 0.4) is 0 Å². The molecular weight excluding hydrogens is 276 g/mol. The van der Waals surface area contributed by atoms with E-state index in [4.69, 9.17) is 5.11 Å². The quantitative estimate of drug-likeness (QED) is 0.557. The zero-order chi connectivity index (χ0) is 15.2. The fourth-order valence-corrected chi connectivity index (χ4v) is 2.87. The van der Waals surface area contributed by atoms with E-state index in [1.165, 1.54) is 17.1 Å². The minimum absolute atomic E-state index is 0.0710. The van der Waals surface area contributed by atoms with Gasteiger partial charge >= 0.3 is 5.69 Å². The molecule has 0 radical (unpaired) electrons. The maximum Gasteiger partial charge on any atom is 0.306 e. The molecule has 8 heteroatoms. The molecule has 21 heavy (non-hydrogen) atoms. The predicted octanol–water partition coefficient (Wildman–Crippen LogP) is 0.389. The number of hydrogen-bond donors (Lipinski definition) is 2. The van der Waals surface area contributed by atoms with Crippen molar-refractivity contribution in [2.45, 2.75) is 44.4 Å². The third kappa shape index (κ3) is 4.48. The molecule has 1 aromatic rings. The van der Waals surface area contributed by atoms with Gasteiger partial charge < -0.3 is 10.2 Å². The first-order valence-corrected chi connectivity index (χ1v) is 7.30. The molecule has 1 fully saturated rings. The van der Waals surface area contributed by atoms with Crippen LogP contribution in [0.4, 0.5) is 5.69 Å². The Labute approximate surface area is 123 Å². The van der Waals surface area contributed by atoms with E-state index in [-0.39, 0.29) is 18.8 Å². The van der Waals surface area contributed by atoms with Crippen LogP contribution >= 0.6 is 0 Å². The summed E-state index contributed by atoms with van der Waals surface area (Å²) in [5.74, 6) is 0. The average Bonchev–Trinajstić information content (AvgIpc) is 2.90. The molecule has 2 atom stereocenters. The molecule has 1 aliphatic rings. The van der Waals surface area contributed by atoms with Crippen molar-refractivity contribution in [3.05, 3.63) is 22.5 Å². The first kappa shape index (κ1) is 15.9. The van der Waals surface area contributed by atoms with Crippen molar-refractivity contribution >= 4 is 5.69 Å². The molecule has 2 rings (SSSR count). The Morgan fingerprint density at radius 1 is 1.48 bits per heavy atom. The summed E-state index contributed by atoms with van der Waals surface area (Å²) in [6.45, 7) is 1.80. The molecule has 0 aromatic carbocycles. The normalized spacial score (nSPS) is 21.3. The van der Waals surface area contributed by atoms with Crippen molar-refractivity contribution in [2.75, 3.05) is 19.7 Å². The van der Waals surface area contributed by atoms with Crippen LogP contribution in [0.2, 0.25) is 0 Å². The molecule has 8 nitrogen and oxygen atoms in total. The van der Waals surface area contributed by atoms with Gasteiger partial charge in [-0.2, -0.15) is 5.10 Å². The van der Waals surface area contributed by atoms with Crippen LogP contribution in [0.15, 0.2) is 12.4 Å². The largest absolute Gasteiger partial charge is 0.396 e. The summed E-state index contributed by atoms with van der Waals surface area (Å²) < 4.78 is 1.40. The van der Waals surface area contributed by atoms with Crippen LogP contribution < -0.4 is 0 Å². The van der Waals surface area contributed by atoms with Crippen molar-refractivity contribution in [1.29, 1.82) is 0 Å². The zero-order valence-electron chi connectivity index (χ0n) is 12.0. The lowest BCUT2D eigenvalue weighted by atomic mass is 9.99. The molecule has 2 heterocycles. The van der Waals surface area contributed by atoms with E-state index >= 15 is 0 Å². The highest BCUT2D eigenvalue weighted by Crippen LogP contribution is 2.20. The van der Waals surface area contributed by atoms with Crippen LogP contribution in [0, 0.1) is 10.1 Å². The molecule has 0 saturated carbocycles. The number of rotatable bonds is 7. The summed E-state index contributed by atoms with van der Waals surface area (Å²) >= 11 is 0. The van der Waals surface area contributed by atoms with Crippen molar-refractivity contribution in [2.24, 2.45) is 0 Å². The molecule has 0 spiro atoms. The minimum Gasteiger partial charge on any atom is -0.396 e. The molecule has 0 aliphatic carbocycles. The van der Waals surface area contributed by atoms with Crippen LogP contribution in [0.1, 0.15) is 25.7 Å². The van der Waals surface area contributed by atoms with E-state index < -0.39 is 11.0 Å². The minimum atomic E-state index is -0.635. The molecule has 1 aliphatic heterocycles. The highest BCUT2D eigenvalue weighted by Gasteiger charge is 2.24. The van der Waals surface area contributed by atoms with E-state index in [0.717, 1.165) is 32.2 Å². The number of piperidine rings is 1. The lowest BCUT2D eigenvalue weighted by Crippen LogP contribution is -2.45. The Bertz CT molecular complexity index is 463. The molecule has 2 N–H and O–H groups in total. The van der Waals surface area contributed by atoms with Crippen molar-refractivity contribution in [1.82, 2.24) is 14.7 Å². The van der Waals surface area contributed by atoms with Gasteiger partial charge in [0.25, 0.3) is 0 Å². The zero-order valence-corrected chi connectivity index (χ0v) is 12.0. The number of aliphatic hydroxyl groups is 2. The number of nitrogens with zero attached hydrogens (tertiary/aromatic N) is 4. The molecule has 1 aromatic heterocycles. The van der Waals surface area contributed by atoms with E-state index in [1.807, 2.05) is 0 Å². The van der Waals surface area contributed by atoms with Crippen molar-refractivity contribution in [3.63, 3.8) is 0 Å². The number of hydrogen-bond acceptors (Lipinski definition) is 6. The van der Waals surface area contributed by atoms with E-state index in [1.54, 1.807) is 0 Å². The summed E-state index contributed by atoms with van der Waals surface area (Å²) in [7, 11) is 0. The second-order valence-corrected chi connectivity index (χ2v) is 5.49. The number of aliphatic hydroxyl groups excluding tert-OH is 2. The molecule has 2 unspecified atom stereocenters. The Balaban J connectivity index is 1.87. The summed E-state index contributed by atoms with van der Waals surface area (Å²) in [5.41, 5.74) is -0.0710. The maximum atomic E-state index is 10.6. The fourth-order valence-electron chi connectivity index (χ4n) is 2.87. The van der Waals surface area contributed by atoms with Crippen LogP contribution in [-0.2, 0) is 6.54 Å². The number of likely N-dealkylation sites (tertiary alicyclic amines) is 1. The Kier molecular flexibility index (Phi) is 5.66. The topological polar surface area (TPSA) is 105 Å². The molecular formula is C13H22N4O4. The van der Waals surface area contributed by atoms with Crippen LogP contribution in [-0.4, -0.2) is 61.7 Å². The molecule has 0 amide bonds. The van der Waals surface area contributed by atoms with Gasteiger partial charge in [-0.25, -0.2) is 0 Å². The van der Waals surface area contributed by atoms with E-state index in [0.29, 0.717) is 12.6 Å². The van der Waals surface area contributed by atoms with Gasteiger partial charge in [0, 0.05) is 19.2 Å². The monoisotopic (exact) mass is 298 g/mol. The Morgan fingerprint density at radius 3 is 2.95 bits per heavy atom. The van der Waals surface area contributed by atoms with Gasteiger partial charge in [-0.1, -0.05) is 6.42 Å².